The molecule has 0 aliphatic rings. The predicted octanol–water partition coefficient (Wildman–Crippen LogP) is 3.25. The average Bonchev–Trinajstić information content (AvgIpc) is 2.42. The summed E-state index contributed by atoms with van der Waals surface area (Å²) in [7, 11) is 1.57. The van der Waals surface area contributed by atoms with Crippen LogP contribution in [0.3, 0.4) is 0 Å². The minimum Gasteiger partial charge on any atom is -0.457 e. The van der Waals surface area contributed by atoms with E-state index in [-0.39, 0.29) is 5.91 Å². The number of hydrogen-bond acceptors (Lipinski definition) is 3. The van der Waals surface area contributed by atoms with Crippen LogP contribution in [0.25, 0.3) is 0 Å². The highest BCUT2D eigenvalue weighted by Gasteiger charge is 2.04. The van der Waals surface area contributed by atoms with Gasteiger partial charge in [-0.2, -0.15) is 5.06 Å². The van der Waals surface area contributed by atoms with Gasteiger partial charge >= 0.3 is 0 Å². The standard InChI is InChI=1S/C15H15NO3/c1-12(17)16(2)19-15-10-8-14(9-11-15)18-13-6-4-3-5-7-13/h3-11H,1-2H3. The van der Waals surface area contributed by atoms with Crippen molar-refractivity contribution in [3.63, 3.8) is 0 Å². The van der Waals surface area contributed by atoms with Crippen molar-refractivity contribution in [1.82, 2.24) is 5.06 Å². The first-order valence-corrected chi connectivity index (χ1v) is 5.90. The van der Waals surface area contributed by atoms with E-state index in [1.54, 1.807) is 31.3 Å². The molecule has 2 aromatic carbocycles. The first kappa shape index (κ1) is 13.0. The summed E-state index contributed by atoms with van der Waals surface area (Å²) in [6, 6.07) is 16.6. The molecule has 1 amide bonds. The summed E-state index contributed by atoms with van der Waals surface area (Å²) in [6.07, 6.45) is 0. The van der Waals surface area contributed by atoms with Crippen LogP contribution in [-0.2, 0) is 4.79 Å². The lowest BCUT2D eigenvalue weighted by Gasteiger charge is -2.15. The van der Waals surface area contributed by atoms with E-state index >= 15 is 0 Å². The summed E-state index contributed by atoms with van der Waals surface area (Å²) in [4.78, 5) is 16.3. The smallest absolute Gasteiger partial charge is 0.251 e. The van der Waals surface area contributed by atoms with Crippen LogP contribution in [0.2, 0.25) is 0 Å². The fourth-order valence-corrected chi connectivity index (χ4v) is 1.42. The van der Waals surface area contributed by atoms with E-state index in [1.807, 2.05) is 30.3 Å². The van der Waals surface area contributed by atoms with E-state index in [1.165, 1.54) is 12.0 Å². The van der Waals surface area contributed by atoms with Gasteiger partial charge in [0.25, 0.3) is 5.91 Å². The summed E-state index contributed by atoms with van der Waals surface area (Å²) in [6.45, 7) is 1.44. The van der Waals surface area contributed by atoms with Crippen LogP contribution in [0.4, 0.5) is 0 Å². The number of hydroxylamine groups is 2. The molecule has 0 bridgehead atoms. The summed E-state index contributed by atoms with van der Waals surface area (Å²) >= 11 is 0. The van der Waals surface area contributed by atoms with E-state index in [4.69, 9.17) is 9.57 Å². The molecule has 0 heterocycles. The molecule has 0 aromatic heterocycles. The fraction of sp³-hybridized carbons (Fsp3) is 0.133. The Morgan fingerprint density at radius 3 is 2.00 bits per heavy atom. The summed E-state index contributed by atoms with van der Waals surface area (Å²) in [5, 5.41) is 1.17. The molecule has 0 atom stereocenters. The van der Waals surface area contributed by atoms with Crippen LogP contribution in [0.15, 0.2) is 54.6 Å². The molecular weight excluding hydrogens is 242 g/mol. The zero-order chi connectivity index (χ0) is 13.7. The van der Waals surface area contributed by atoms with Crippen molar-refractivity contribution >= 4 is 5.91 Å². The Morgan fingerprint density at radius 1 is 0.895 bits per heavy atom. The van der Waals surface area contributed by atoms with Crippen molar-refractivity contribution in [1.29, 1.82) is 0 Å². The topological polar surface area (TPSA) is 38.8 Å². The Morgan fingerprint density at radius 2 is 1.42 bits per heavy atom. The minimum atomic E-state index is -0.162. The highest BCUT2D eigenvalue weighted by molar-refractivity contribution is 5.71. The molecule has 19 heavy (non-hydrogen) atoms. The van der Waals surface area contributed by atoms with E-state index in [2.05, 4.69) is 0 Å². The van der Waals surface area contributed by atoms with Gasteiger partial charge in [-0.15, -0.1) is 0 Å². The van der Waals surface area contributed by atoms with Gasteiger partial charge in [0.1, 0.15) is 11.5 Å². The predicted molar refractivity (Wildman–Crippen MR) is 72.0 cm³/mol. The maximum atomic E-state index is 11.0. The zero-order valence-electron chi connectivity index (χ0n) is 10.9. The van der Waals surface area contributed by atoms with Gasteiger partial charge in [-0.25, -0.2) is 0 Å². The minimum absolute atomic E-state index is 0.162. The van der Waals surface area contributed by atoms with E-state index in [0.29, 0.717) is 11.5 Å². The second-order valence-corrected chi connectivity index (χ2v) is 3.99. The molecule has 0 saturated heterocycles. The Labute approximate surface area is 112 Å². The van der Waals surface area contributed by atoms with E-state index < -0.39 is 0 Å². The Bertz CT molecular complexity index is 537. The first-order valence-electron chi connectivity index (χ1n) is 5.90. The molecule has 0 spiro atoms. The third-order valence-corrected chi connectivity index (χ3v) is 2.49. The van der Waals surface area contributed by atoms with Gasteiger partial charge in [0.15, 0.2) is 5.75 Å². The van der Waals surface area contributed by atoms with Crippen molar-refractivity contribution in [2.75, 3.05) is 7.05 Å². The van der Waals surface area contributed by atoms with Gasteiger partial charge in [0.2, 0.25) is 0 Å². The van der Waals surface area contributed by atoms with Crippen LogP contribution < -0.4 is 9.57 Å². The molecule has 0 aliphatic heterocycles. The maximum Gasteiger partial charge on any atom is 0.251 e. The van der Waals surface area contributed by atoms with Crippen molar-refractivity contribution in [2.45, 2.75) is 6.92 Å². The normalized spacial score (nSPS) is 9.79. The molecule has 0 unspecified atom stereocenters. The maximum absolute atomic E-state index is 11.0. The quantitative estimate of drug-likeness (QED) is 0.789. The highest BCUT2D eigenvalue weighted by Crippen LogP contribution is 2.23. The van der Waals surface area contributed by atoms with Gasteiger partial charge < -0.3 is 9.57 Å². The van der Waals surface area contributed by atoms with Gasteiger partial charge in [-0.05, 0) is 36.4 Å². The molecule has 2 aromatic rings. The van der Waals surface area contributed by atoms with Gasteiger partial charge in [-0.1, -0.05) is 18.2 Å². The first-order chi connectivity index (χ1) is 9.15. The van der Waals surface area contributed by atoms with E-state index in [9.17, 15) is 4.79 Å². The third-order valence-electron chi connectivity index (χ3n) is 2.49. The lowest BCUT2D eigenvalue weighted by Crippen LogP contribution is -2.27. The lowest BCUT2D eigenvalue weighted by atomic mass is 10.3. The van der Waals surface area contributed by atoms with Gasteiger partial charge in [-0.3, -0.25) is 4.79 Å². The number of hydrogen-bond donors (Lipinski definition) is 0. The highest BCUT2D eigenvalue weighted by atomic mass is 16.7. The van der Waals surface area contributed by atoms with Crippen LogP contribution in [0.1, 0.15) is 6.92 Å². The number of carbonyl (C=O) groups excluding carboxylic acids is 1. The van der Waals surface area contributed by atoms with Crippen molar-refractivity contribution in [2.24, 2.45) is 0 Å². The Kier molecular flexibility index (Phi) is 4.03. The Balaban J connectivity index is 2.01. The molecule has 0 fully saturated rings. The molecule has 98 valence electrons. The van der Waals surface area contributed by atoms with E-state index in [0.717, 1.165) is 5.75 Å². The third kappa shape index (κ3) is 3.74. The summed E-state index contributed by atoms with van der Waals surface area (Å²) in [5.74, 6) is 1.91. The number of amides is 1. The van der Waals surface area contributed by atoms with Crippen LogP contribution in [-0.4, -0.2) is 18.0 Å². The van der Waals surface area contributed by atoms with Gasteiger partial charge in [0, 0.05) is 14.0 Å². The van der Waals surface area contributed by atoms with Gasteiger partial charge in [0.05, 0.1) is 0 Å². The largest absolute Gasteiger partial charge is 0.457 e. The molecule has 4 nitrogen and oxygen atoms in total. The summed E-state index contributed by atoms with van der Waals surface area (Å²) < 4.78 is 5.65. The molecule has 0 radical (unpaired) electrons. The van der Waals surface area contributed by atoms with Crippen molar-refractivity contribution in [3.05, 3.63) is 54.6 Å². The molecule has 0 N–H and O–H groups in total. The SMILES string of the molecule is CC(=O)N(C)Oc1ccc(Oc2ccccc2)cc1. The molecular formula is C15H15NO3. The second-order valence-electron chi connectivity index (χ2n) is 3.99. The van der Waals surface area contributed by atoms with Crippen LogP contribution >= 0.6 is 0 Å². The average molecular weight is 257 g/mol. The molecule has 0 aliphatic carbocycles. The number of carbonyl (C=O) groups is 1. The zero-order valence-corrected chi connectivity index (χ0v) is 10.9. The monoisotopic (exact) mass is 257 g/mol. The number of rotatable bonds is 4. The molecule has 4 heteroatoms. The summed E-state index contributed by atoms with van der Waals surface area (Å²) in [5.41, 5.74) is 0. The molecule has 2 rings (SSSR count). The lowest BCUT2D eigenvalue weighted by molar-refractivity contribution is -0.149. The Hall–Kier alpha value is -2.49. The second kappa shape index (κ2) is 5.91. The van der Waals surface area contributed by atoms with Crippen molar-refractivity contribution in [3.8, 4) is 17.2 Å². The number of para-hydroxylation sites is 1. The number of ether oxygens (including phenoxy) is 1. The van der Waals surface area contributed by atoms with Crippen molar-refractivity contribution < 1.29 is 14.4 Å². The van der Waals surface area contributed by atoms with Crippen LogP contribution in [0, 0.1) is 0 Å². The molecule has 0 saturated carbocycles. The van der Waals surface area contributed by atoms with Crippen LogP contribution in [0.5, 0.6) is 17.2 Å². The fourth-order valence-electron chi connectivity index (χ4n) is 1.42. The number of benzene rings is 2. The number of nitrogens with zero attached hydrogens (tertiary/aromatic N) is 1.